The summed E-state index contributed by atoms with van der Waals surface area (Å²) in [4.78, 5) is 14.1. The molecule has 0 fully saturated rings. The van der Waals surface area contributed by atoms with Gasteiger partial charge in [-0.3, -0.25) is 4.79 Å². The zero-order valence-electron chi connectivity index (χ0n) is 10.8. The van der Waals surface area contributed by atoms with Crippen molar-refractivity contribution in [2.45, 2.75) is 13.8 Å². The maximum Gasteiger partial charge on any atom is 0.253 e. The molecule has 0 atom stereocenters. The van der Waals surface area contributed by atoms with Crippen molar-refractivity contribution >= 4 is 5.91 Å². The van der Waals surface area contributed by atoms with Gasteiger partial charge in [0.05, 0.1) is 6.61 Å². The molecule has 0 heterocycles. The largest absolute Gasteiger partial charge is 0.383 e. The van der Waals surface area contributed by atoms with Crippen LogP contribution >= 0.6 is 0 Å². The van der Waals surface area contributed by atoms with Crippen LogP contribution in [-0.4, -0.2) is 37.6 Å². The molecule has 0 aliphatic heterocycles. The van der Waals surface area contributed by atoms with E-state index in [9.17, 15) is 4.79 Å². The SMILES string of the molecule is COCCN(CC(C)C)C(=O)c1ccccc1. The predicted octanol–water partition coefficient (Wildman–Crippen LogP) is 2.43. The fourth-order valence-electron chi connectivity index (χ4n) is 1.68. The van der Waals surface area contributed by atoms with Crippen LogP contribution in [0.25, 0.3) is 0 Å². The van der Waals surface area contributed by atoms with E-state index < -0.39 is 0 Å². The number of methoxy groups -OCH3 is 1. The second-order valence-corrected chi connectivity index (χ2v) is 4.50. The van der Waals surface area contributed by atoms with E-state index in [0.29, 0.717) is 19.1 Å². The number of benzene rings is 1. The molecule has 1 rings (SSSR count). The molecule has 94 valence electrons. The summed E-state index contributed by atoms with van der Waals surface area (Å²) in [5.41, 5.74) is 0.740. The van der Waals surface area contributed by atoms with E-state index in [0.717, 1.165) is 12.1 Å². The van der Waals surface area contributed by atoms with Gasteiger partial charge in [-0.25, -0.2) is 0 Å². The van der Waals surface area contributed by atoms with Crippen LogP contribution in [0.1, 0.15) is 24.2 Å². The zero-order chi connectivity index (χ0) is 12.7. The van der Waals surface area contributed by atoms with E-state index in [1.807, 2.05) is 35.2 Å². The highest BCUT2D eigenvalue weighted by atomic mass is 16.5. The lowest BCUT2D eigenvalue weighted by atomic mass is 10.1. The number of hydrogen-bond acceptors (Lipinski definition) is 2. The molecule has 1 aromatic carbocycles. The van der Waals surface area contributed by atoms with E-state index in [2.05, 4.69) is 13.8 Å². The Hall–Kier alpha value is -1.35. The summed E-state index contributed by atoms with van der Waals surface area (Å²) in [5, 5.41) is 0. The van der Waals surface area contributed by atoms with Gasteiger partial charge in [0.15, 0.2) is 0 Å². The number of ether oxygens (including phenoxy) is 1. The first kappa shape index (κ1) is 13.7. The Bertz CT molecular complexity index is 335. The van der Waals surface area contributed by atoms with Crippen LogP contribution < -0.4 is 0 Å². The Morgan fingerprint density at radius 1 is 1.29 bits per heavy atom. The monoisotopic (exact) mass is 235 g/mol. The summed E-state index contributed by atoms with van der Waals surface area (Å²) < 4.78 is 5.05. The Balaban J connectivity index is 2.71. The van der Waals surface area contributed by atoms with Crippen molar-refractivity contribution in [3.05, 3.63) is 35.9 Å². The van der Waals surface area contributed by atoms with E-state index in [-0.39, 0.29) is 5.91 Å². The fraction of sp³-hybridized carbons (Fsp3) is 0.500. The molecule has 17 heavy (non-hydrogen) atoms. The van der Waals surface area contributed by atoms with Crippen molar-refractivity contribution < 1.29 is 9.53 Å². The lowest BCUT2D eigenvalue weighted by Gasteiger charge is -2.24. The lowest BCUT2D eigenvalue weighted by molar-refractivity contribution is 0.0672. The van der Waals surface area contributed by atoms with Gasteiger partial charge in [0, 0.05) is 25.8 Å². The predicted molar refractivity (Wildman–Crippen MR) is 69.1 cm³/mol. The second-order valence-electron chi connectivity index (χ2n) is 4.50. The first-order valence-electron chi connectivity index (χ1n) is 5.98. The Morgan fingerprint density at radius 3 is 2.47 bits per heavy atom. The molecular formula is C14H21NO2. The van der Waals surface area contributed by atoms with Crippen LogP contribution in [0.4, 0.5) is 0 Å². The lowest BCUT2D eigenvalue weighted by Crippen LogP contribution is -2.36. The van der Waals surface area contributed by atoms with Gasteiger partial charge < -0.3 is 9.64 Å². The standard InChI is InChI=1S/C14H21NO2/c1-12(2)11-15(9-10-17-3)14(16)13-7-5-4-6-8-13/h4-8,12H,9-11H2,1-3H3. The van der Waals surface area contributed by atoms with Gasteiger partial charge >= 0.3 is 0 Å². The van der Waals surface area contributed by atoms with Crippen molar-refractivity contribution in [1.82, 2.24) is 4.90 Å². The van der Waals surface area contributed by atoms with Gasteiger partial charge in [-0.1, -0.05) is 32.0 Å². The fourth-order valence-corrected chi connectivity index (χ4v) is 1.68. The van der Waals surface area contributed by atoms with Crippen molar-refractivity contribution in [1.29, 1.82) is 0 Å². The number of carbonyl (C=O) groups excluding carboxylic acids is 1. The summed E-state index contributed by atoms with van der Waals surface area (Å²) in [6.07, 6.45) is 0. The average Bonchev–Trinajstić information content (AvgIpc) is 2.34. The molecule has 0 radical (unpaired) electrons. The first-order valence-corrected chi connectivity index (χ1v) is 5.98. The van der Waals surface area contributed by atoms with Crippen LogP contribution in [0.3, 0.4) is 0 Å². The Kier molecular flexibility index (Phi) is 5.70. The molecule has 3 nitrogen and oxygen atoms in total. The minimum absolute atomic E-state index is 0.0800. The molecule has 1 amide bonds. The van der Waals surface area contributed by atoms with Gasteiger partial charge in [0.1, 0.15) is 0 Å². The normalized spacial score (nSPS) is 10.6. The molecule has 0 unspecified atom stereocenters. The number of nitrogens with zero attached hydrogens (tertiary/aromatic N) is 1. The Labute approximate surface area is 103 Å². The molecular weight excluding hydrogens is 214 g/mol. The maximum atomic E-state index is 12.3. The summed E-state index contributed by atoms with van der Waals surface area (Å²) in [5.74, 6) is 0.538. The Morgan fingerprint density at radius 2 is 1.94 bits per heavy atom. The topological polar surface area (TPSA) is 29.5 Å². The molecule has 0 aromatic heterocycles. The van der Waals surface area contributed by atoms with Crippen LogP contribution in [-0.2, 0) is 4.74 Å². The van der Waals surface area contributed by atoms with Gasteiger partial charge in [-0.2, -0.15) is 0 Å². The maximum absolute atomic E-state index is 12.3. The van der Waals surface area contributed by atoms with Crippen LogP contribution in [0.15, 0.2) is 30.3 Å². The van der Waals surface area contributed by atoms with Gasteiger partial charge in [0.2, 0.25) is 0 Å². The van der Waals surface area contributed by atoms with Gasteiger partial charge in [-0.15, -0.1) is 0 Å². The molecule has 0 bridgehead atoms. The summed E-state index contributed by atoms with van der Waals surface area (Å²) in [6.45, 7) is 6.20. The van der Waals surface area contributed by atoms with Gasteiger partial charge in [-0.05, 0) is 18.1 Å². The highest BCUT2D eigenvalue weighted by Crippen LogP contribution is 2.07. The van der Waals surface area contributed by atoms with Crippen molar-refractivity contribution in [3.8, 4) is 0 Å². The van der Waals surface area contributed by atoms with Crippen molar-refractivity contribution in [3.63, 3.8) is 0 Å². The van der Waals surface area contributed by atoms with E-state index in [1.54, 1.807) is 7.11 Å². The number of rotatable bonds is 6. The minimum atomic E-state index is 0.0800. The van der Waals surface area contributed by atoms with Gasteiger partial charge in [0.25, 0.3) is 5.91 Å². The van der Waals surface area contributed by atoms with Crippen molar-refractivity contribution in [2.24, 2.45) is 5.92 Å². The average molecular weight is 235 g/mol. The first-order chi connectivity index (χ1) is 8.15. The van der Waals surface area contributed by atoms with Crippen LogP contribution in [0.5, 0.6) is 0 Å². The number of hydrogen-bond donors (Lipinski definition) is 0. The number of carbonyl (C=O) groups is 1. The third-order valence-electron chi connectivity index (χ3n) is 2.46. The molecule has 0 spiro atoms. The highest BCUT2D eigenvalue weighted by Gasteiger charge is 2.15. The molecule has 1 aromatic rings. The van der Waals surface area contributed by atoms with Crippen LogP contribution in [0, 0.1) is 5.92 Å². The van der Waals surface area contributed by atoms with E-state index in [1.165, 1.54) is 0 Å². The molecule has 0 aliphatic rings. The third-order valence-corrected chi connectivity index (χ3v) is 2.46. The minimum Gasteiger partial charge on any atom is -0.383 e. The van der Waals surface area contributed by atoms with Crippen LogP contribution in [0.2, 0.25) is 0 Å². The smallest absolute Gasteiger partial charge is 0.253 e. The number of amides is 1. The highest BCUT2D eigenvalue weighted by molar-refractivity contribution is 5.94. The molecule has 0 N–H and O–H groups in total. The molecule has 0 saturated heterocycles. The summed E-state index contributed by atoms with van der Waals surface area (Å²) in [6, 6.07) is 9.39. The summed E-state index contributed by atoms with van der Waals surface area (Å²) in [7, 11) is 1.65. The third kappa shape index (κ3) is 4.57. The zero-order valence-corrected chi connectivity index (χ0v) is 10.8. The quantitative estimate of drug-likeness (QED) is 0.758. The van der Waals surface area contributed by atoms with E-state index >= 15 is 0 Å². The molecule has 0 aliphatic carbocycles. The van der Waals surface area contributed by atoms with Crippen molar-refractivity contribution in [2.75, 3.05) is 26.8 Å². The summed E-state index contributed by atoms with van der Waals surface area (Å²) >= 11 is 0. The molecule has 0 saturated carbocycles. The molecule has 3 heteroatoms. The van der Waals surface area contributed by atoms with E-state index in [4.69, 9.17) is 4.74 Å². The second kappa shape index (κ2) is 7.07.